The summed E-state index contributed by atoms with van der Waals surface area (Å²) in [5.41, 5.74) is 0. The van der Waals surface area contributed by atoms with E-state index < -0.39 is 11.9 Å². The van der Waals surface area contributed by atoms with Crippen LogP contribution < -0.4 is 0 Å². The van der Waals surface area contributed by atoms with Crippen molar-refractivity contribution in [2.75, 3.05) is 0 Å². The molecule has 0 fully saturated rings. The summed E-state index contributed by atoms with van der Waals surface area (Å²) in [6.45, 7) is 8.81. The van der Waals surface area contributed by atoms with Crippen molar-refractivity contribution in [2.24, 2.45) is 11.8 Å². The van der Waals surface area contributed by atoms with Gasteiger partial charge in [-0.1, -0.05) is 156 Å². The van der Waals surface area contributed by atoms with Crippen molar-refractivity contribution in [3.63, 3.8) is 0 Å². The van der Waals surface area contributed by atoms with Gasteiger partial charge in [-0.2, -0.15) is 0 Å². The second-order valence-corrected chi connectivity index (χ2v) is 10.9. The molecule has 2 atom stereocenters. The largest absolute Gasteiger partial charge is 0.481 e. The molecule has 0 heterocycles. The van der Waals surface area contributed by atoms with Crippen LogP contribution in [-0.4, -0.2) is 22.2 Å². The van der Waals surface area contributed by atoms with E-state index in [-0.39, 0.29) is 31.3 Å². The van der Waals surface area contributed by atoms with Crippen LogP contribution in [0.3, 0.4) is 0 Å². The normalized spacial score (nSPS) is 12.2. The third-order valence-corrected chi connectivity index (χ3v) is 7.32. The van der Waals surface area contributed by atoms with E-state index in [9.17, 15) is 19.8 Å². The van der Waals surface area contributed by atoms with Crippen LogP contribution in [0.4, 0.5) is 0 Å². The molecule has 37 heavy (non-hydrogen) atoms. The van der Waals surface area contributed by atoms with Crippen LogP contribution in [-0.2, 0) is 29.1 Å². The SMILES string of the molecule is CCCCCCCCC(CCCCCC)C(=O)O.CCCCCCCCC(CCCCCC)C(=O)O.[Zn]. The van der Waals surface area contributed by atoms with Crippen LogP contribution >= 0.6 is 0 Å². The van der Waals surface area contributed by atoms with Gasteiger partial charge in [0.15, 0.2) is 0 Å². The first-order valence-corrected chi connectivity index (χ1v) is 15.9. The number of aliphatic carboxylic acids is 2. The van der Waals surface area contributed by atoms with Crippen molar-refractivity contribution in [3.8, 4) is 0 Å². The van der Waals surface area contributed by atoms with Crippen LogP contribution in [0.15, 0.2) is 0 Å². The average Bonchev–Trinajstić information content (AvgIpc) is 2.86. The van der Waals surface area contributed by atoms with Crippen molar-refractivity contribution in [1.82, 2.24) is 0 Å². The Morgan fingerprint density at radius 1 is 0.405 bits per heavy atom. The molecule has 2 N–H and O–H groups in total. The molecule has 0 aliphatic heterocycles. The first kappa shape index (κ1) is 41.1. The molecule has 5 heteroatoms. The number of hydrogen-bond donors (Lipinski definition) is 2. The Kier molecular flexibility index (Phi) is 37.3. The summed E-state index contributed by atoms with van der Waals surface area (Å²) in [5.74, 6) is -1.35. The summed E-state index contributed by atoms with van der Waals surface area (Å²) in [6.07, 6.45) is 27.9. The molecule has 0 aliphatic carbocycles. The van der Waals surface area contributed by atoms with E-state index in [1.807, 2.05) is 0 Å². The molecule has 0 aromatic heterocycles. The van der Waals surface area contributed by atoms with Crippen LogP contribution in [0, 0.1) is 11.8 Å². The number of carboxylic acids is 2. The van der Waals surface area contributed by atoms with Crippen molar-refractivity contribution in [1.29, 1.82) is 0 Å². The first-order valence-electron chi connectivity index (χ1n) is 15.9. The second-order valence-electron chi connectivity index (χ2n) is 10.9. The Balaban J connectivity index is -0.000000608. The monoisotopic (exact) mass is 576 g/mol. The van der Waals surface area contributed by atoms with E-state index >= 15 is 0 Å². The van der Waals surface area contributed by atoms with Crippen molar-refractivity contribution in [2.45, 2.75) is 182 Å². The Labute approximate surface area is 244 Å². The molecular formula is C32H64O4Zn. The molecule has 2 unspecified atom stereocenters. The number of unbranched alkanes of at least 4 members (excludes halogenated alkanes) is 16. The number of rotatable bonds is 26. The van der Waals surface area contributed by atoms with E-state index in [4.69, 9.17) is 0 Å². The molecule has 0 aromatic rings. The van der Waals surface area contributed by atoms with Gasteiger partial charge < -0.3 is 10.2 Å². The zero-order chi connectivity index (χ0) is 27.3. The van der Waals surface area contributed by atoms with Crippen molar-refractivity contribution < 1.29 is 39.3 Å². The van der Waals surface area contributed by atoms with Crippen LogP contribution in [0.5, 0.6) is 0 Å². The Bertz CT molecular complexity index is 428. The fourth-order valence-corrected chi connectivity index (χ4v) is 4.76. The summed E-state index contributed by atoms with van der Waals surface area (Å²) in [6, 6.07) is 0. The van der Waals surface area contributed by atoms with Crippen LogP contribution in [0.1, 0.15) is 182 Å². The molecule has 218 valence electrons. The quantitative estimate of drug-likeness (QED) is 0.0791. The summed E-state index contributed by atoms with van der Waals surface area (Å²) in [7, 11) is 0. The minimum absolute atomic E-state index is 0. The van der Waals surface area contributed by atoms with Gasteiger partial charge in [0.2, 0.25) is 0 Å². The van der Waals surface area contributed by atoms with Gasteiger partial charge in [0.1, 0.15) is 0 Å². The van der Waals surface area contributed by atoms with Gasteiger partial charge in [-0.25, -0.2) is 0 Å². The molecule has 0 saturated heterocycles. The number of carbonyl (C=O) groups is 2. The van der Waals surface area contributed by atoms with Gasteiger partial charge in [0, 0.05) is 19.5 Å². The zero-order valence-corrected chi connectivity index (χ0v) is 28.5. The van der Waals surface area contributed by atoms with E-state index in [1.165, 1.54) is 103 Å². The predicted molar refractivity (Wildman–Crippen MR) is 156 cm³/mol. The van der Waals surface area contributed by atoms with Gasteiger partial charge in [-0.15, -0.1) is 0 Å². The first-order chi connectivity index (χ1) is 17.4. The summed E-state index contributed by atoms with van der Waals surface area (Å²) in [5, 5.41) is 18.3. The van der Waals surface area contributed by atoms with E-state index in [2.05, 4.69) is 27.7 Å². The van der Waals surface area contributed by atoms with Gasteiger partial charge in [0.25, 0.3) is 0 Å². The minimum Gasteiger partial charge on any atom is -0.481 e. The van der Waals surface area contributed by atoms with Gasteiger partial charge >= 0.3 is 11.9 Å². The third-order valence-electron chi connectivity index (χ3n) is 7.32. The van der Waals surface area contributed by atoms with Gasteiger partial charge in [-0.3, -0.25) is 9.59 Å². The predicted octanol–water partition coefficient (Wildman–Crippen LogP) is 10.8. The standard InChI is InChI=1S/2C16H32O2.Zn/c2*1-3-5-7-9-10-12-14-15(16(17)18)13-11-8-6-4-2;/h2*15H,3-14H2,1-2H3,(H,17,18);. The topological polar surface area (TPSA) is 74.6 Å². The Hall–Kier alpha value is -0.437. The van der Waals surface area contributed by atoms with E-state index in [1.54, 1.807) is 0 Å². The second kappa shape index (κ2) is 33.6. The molecule has 0 bridgehead atoms. The molecular weight excluding hydrogens is 514 g/mol. The molecule has 0 spiro atoms. The summed E-state index contributed by atoms with van der Waals surface area (Å²) < 4.78 is 0. The van der Waals surface area contributed by atoms with Crippen molar-refractivity contribution >= 4 is 11.9 Å². The molecule has 0 radical (unpaired) electrons. The zero-order valence-electron chi connectivity index (χ0n) is 25.5. The maximum absolute atomic E-state index is 11.1. The van der Waals surface area contributed by atoms with Crippen LogP contribution in [0.2, 0.25) is 0 Å². The maximum atomic E-state index is 11.1. The molecule has 0 amide bonds. The van der Waals surface area contributed by atoms with E-state index in [0.717, 1.165) is 51.4 Å². The van der Waals surface area contributed by atoms with Crippen molar-refractivity contribution in [3.05, 3.63) is 0 Å². The smallest absolute Gasteiger partial charge is 0.306 e. The fraction of sp³-hybridized carbons (Fsp3) is 0.938. The maximum Gasteiger partial charge on any atom is 0.306 e. The number of hydrogen-bond acceptors (Lipinski definition) is 2. The molecule has 0 aromatic carbocycles. The average molecular weight is 578 g/mol. The third kappa shape index (κ3) is 31.7. The molecule has 0 rings (SSSR count). The fourth-order valence-electron chi connectivity index (χ4n) is 4.76. The molecule has 0 saturated carbocycles. The van der Waals surface area contributed by atoms with E-state index in [0.29, 0.717) is 0 Å². The molecule has 4 nitrogen and oxygen atoms in total. The molecule has 0 aliphatic rings. The summed E-state index contributed by atoms with van der Waals surface area (Å²) >= 11 is 0. The number of carboxylic acid groups (broad SMARTS) is 2. The Morgan fingerprint density at radius 3 is 0.811 bits per heavy atom. The Morgan fingerprint density at radius 2 is 0.595 bits per heavy atom. The van der Waals surface area contributed by atoms with Gasteiger partial charge in [-0.05, 0) is 25.7 Å². The summed E-state index contributed by atoms with van der Waals surface area (Å²) in [4.78, 5) is 22.3. The minimum atomic E-state index is -0.583. The van der Waals surface area contributed by atoms with Crippen LogP contribution in [0.25, 0.3) is 0 Å². The van der Waals surface area contributed by atoms with Gasteiger partial charge in [0.05, 0.1) is 11.8 Å².